The number of rotatable bonds is 6. The summed E-state index contributed by atoms with van der Waals surface area (Å²) >= 11 is 0. The predicted molar refractivity (Wildman–Crippen MR) is 94.4 cm³/mol. The summed E-state index contributed by atoms with van der Waals surface area (Å²) in [6.07, 6.45) is -0.771. The molecule has 3 aromatic rings. The van der Waals surface area contributed by atoms with Crippen molar-refractivity contribution in [3.05, 3.63) is 71.5 Å². The smallest absolute Gasteiger partial charge is 0.223 e. The number of benzene rings is 2. The summed E-state index contributed by atoms with van der Waals surface area (Å²) in [6.45, 7) is 2.23. The Labute approximate surface area is 145 Å². The zero-order valence-corrected chi connectivity index (χ0v) is 13.9. The number of carbonyl (C=O) groups is 1. The molecule has 25 heavy (non-hydrogen) atoms. The lowest BCUT2D eigenvalue weighted by Crippen LogP contribution is -2.24. The van der Waals surface area contributed by atoms with Crippen LogP contribution in [0.5, 0.6) is 0 Å². The van der Waals surface area contributed by atoms with Crippen LogP contribution in [-0.2, 0) is 11.3 Å². The summed E-state index contributed by atoms with van der Waals surface area (Å²) in [7, 11) is 0. The molecule has 3 N–H and O–H groups in total. The molecule has 0 fully saturated rings. The maximum Gasteiger partial charge on any atom is 0.223 e. The van der Waals surface area contributed by atoms with Gasteiger partial charge in [0.2, 0.25) is 5.91 Å². The Morgan fingerprint density at radius 3 is 2.72 bits per heavy atom. The second kappa shape index (κ2) is 7.72. The average molecular weight is 336 g/mol. The number of aliphatic hydroxyl groups excluding tert-OH is 1. The highest BCUT2D eigenvalue weighted by molar-refractivity contribution is 5.76. The Morgan fingerprint density at radius 2 is 2.00 bits per heavy atom. The summed E-state index contributed by atoms with van der Waals surface area (Å²) in [6, 6.07) is 16.9. The van der Waals surface area contributed by atoms with E-state index in [1.54, 1.807) is 12.1 Å². The molecule has 3 rings (SSSR count). The molecule has 1 aromatic heterocycles. The van der Waals surface area contributed by atoms with Crippen molar-refractivity contribution >= 4 is 5.91 Å². The van der Waals surface area contributed by atoms with Crippen molar-refractivity contribution in [1.82, 2.24) is 20.5 Å². The van der Waals surface area contributed by atoms with E-state index in [9.17, 15) is 9.90 Å². The van der Waals surface area contributed by atoms with Gasteiger partial charge in [-0.05, 0) is 24.1 Å². The molecule has 0 bridgehead atoms. The van der Waals surface area contributed by atoms with Gasteiger partial charge in [0.15, 0.2) is 5.82 Å². The van der Waals surface area contributed by atoms with E-state index in [-0.39, 0.29) is 12.3 Å². The number of hydrogen-bond acceptors (Lipinski definition) is 4. The first kappa shape index (κ1) is 16.9. The Hall–Kier alpha value is -2.99. The molecular formula is C19H20N4O2. The summed E-state index contributed by atoms with van der Waals surface area (Å²) in [5, 5.41) is 19.9. The van der Waals surface area contributed by atoms with E-state index in [0.717, 1.165) is 22.5 Å². The van der Waals surface area contributed by atoms with Gasteiger partial charge >= 0.3 is 0 Å². The molecule has 0 aliphatic carbocycles. The minimum absolute atomic E-state index is 0.0316. The van der Waals surface area contributed by atoms with E-state index in [0.29, 0.717) is 12.4 Å². The number of H-pyrrole nitrogens is 1. The number of nitrogens with zero attached hydrogens (tertiary/aromatic N) is 2. The van der Waals surface area contributed by atoms with Gasteiger partial charge in [-0.2, -0.15) is 5.10 Å². The largest absolute Gasteiger partial charge is 0.388 e. The zero-order chi connectivity index (χ0) is 17.6. The van der Waals surface area contributed by atoms with Crippen molar-refractivity contribution in [2.45, 2.75) is 26.0 Å². The molecule has 6 nitrogen and oxygen atoms in total. The van der Waals surface area contributed by atoms with Crippen LogP contribution in [0.4, 0.5) is 0 Å². The van der Waals surface area contributed by atoms with Crippen LogP contribution in [0.3, 0.4) is 0 Å². The van der Waals surface area contributed by atoms with Gasteiger partial charge in [0.05, 0.1) is 12.5 Å². The highest BCUT2D eigenvalue weighted by Gasteiger charge is 2.12. The van der Waals surface area contributed by atoms with Crippen LogP contribution in [0.15, 0.2) is 54.6 Å². The van der Waals surface area contributed by atoms with Crippen LogP contribution in [0, 0.1) is 6.92 Å². The SMILES string of the molecule is Cc1nc(-c2cccc(CNC(=O)CC(O)c3ccccc3)c2)n[nH]1. The quantitative estimate of drug-likeness (QED) is 0.645. The lowest BCUT2D eigenvalue weighted by molar-refractivity contribution is -0.123. The van der Waals surface area contributed by atoms with Crippen molar-refractivity contribution in [3.63, 3.8) is 0 Å². The second-order valence-corrected chi connectivity index (χ2v) is 5.85. The molecule has 1 unspecified atom stereocenters. The van der Waals surface area contributed by atoms with E-state index in [1.165, 1.54) is 0 Å². The van der Waals surface area contributed by atoms with Gasteiger partial charge in [0, 0.05) is 12.1 Å². The topological polar surface area (TPSA) is 90.9 Å². The van der Waals surface area contributed by atoms with Crippen LogP contribution in [0.25, 0.3) is 11.4 Å². The fourth-order valence-corrected chi connectivity index (χ4v) is 2.53. The van der Waals surface area contributed by atoms with Gasteiger partial charge < -0.3 is 10.4 Å². The van der Waals surface area contributed by atoms with Crippen LogP contribution in [0.1, 0.15) is 29.5 Å². The minimum Gasteiger partial charge on any atom is -0.388 e. The first-order chi connectivity index (χ1) is 12.1. The second-order valence-electron chi connectivity index (χ2n) is 5.85. The standard InChI is InChI=1S/C19H20N4O2/c1-13-21-19(23-22-13)16-9-5-6-14(10-16)12-20-18(25)11-17(24)15-7-3-2-4-8-15/h2-10,17,24H,11-12H2,1H3,(H,20,25)(H,21,22,23). The Bertz CT molecular complexity index is 845. The minimum atomic E-state index is -0.802. The van der Waals surface area contributed by atoms with Crippen LogP contribution in [-0.4, -0.2) is 26.2 Å². The number of hydrogen-bond donors (Lipinski definition) is 3. The Kier molecular flexibility index (Phi) is 5.20. The maximum absolute atomic E-state index is 12.1. The molecule has 2 aromatic carbocycles. The Balaban J connectivity index is 1.57. The van der Waals surface area contributed by atoms with Gasteiger partial charge in [-0.1, -0.05) is 48.5 Å². The highest BCUT2D eigenvalue weighted by atomic mass is 16.3. The maximum atomic E-state index is 12.1. The summed E-state index contributed by atoms with van der Waals surface area (Å²) < 4.78 is 0. The highest BCUT2D eigenvalue weighted by Crippen LogP contribution is 2.17. The number of aryl methyl sites for hydroxylation is 1. The summed E-state index contributed by atoms with van der Waals surface area (Å²) in [4.78, 5) is 16.4. The molecule has 1 amide bonds. The molecule has 1 heterocycles. The average Bonchev–Trinajstić information content (AvgIpc) is 3.07. The van der Waals surface area contributed by atoms with Crippen LogP contribution < -0.4 is 5.32 Å². The van der Waals surface area contributed by atoms with Crippen molar-refractivity contribution in [2.24, 2.45) is 0 Å². The fraction of sp³-hybridized carbons (Fsp3) is 0.211. The zero-order valence-electron chi connectivity index (χ0n) is 13.9. The number of aliphatic hydroxyl groups is 1. The van der Waals surface area contributed by atoms with Gasteiger partial charge in [-0.25, -0.2) is 4.98 Å². The number of aromatic nitrogens is 3. The van der Waals surface area contributed by atoms with Crippen molar-refractivity contribution in [1.29, 1.82) is 0 Å². The fourth-order valence-electron chi connectivity index (χ4n) is 2.53. The lowest BCUT2D eigenvalue weighted by Gasteiger charge is -2.11. The van der Waals surface area contributed by atoms with Crippen LogP contribution in [0.2, 0.25) is 0 Å². The van der Waals surface area contributed by atoms with Gasteiger partial charge in [-0.15, -0.1) is 0 Å². The van der Waals surface area contributed by atoms with Gasteiger partial charge in [-0.3, -0.25) is 9.89 Å². The molecule has 0 radical (unpaired) electrons. The molecule has 128 valence electrons. The van der Waals surface area contributed by atoms with E-state index in [1.807, 2.05) is 49.4 Å². The molecule has 6 heteroatoms. The third-order valence-corrected chi connectivity index (χ3v) is 3.84. The molecule has 0 aliphatic rings. The monoisotopic (exact) mass is 336 g/mol. The van der Waals surface area contributed by atoms with E-state index in [4.69, 9.17) is 0 Å². The summed E-state index contributed by atoms with van der Waals surface area (Å²) in [5.74, 6) is 1.18. The van der Waals surface area contributed by atoms with E-state index in [2.05, 4.69) is 20.5 Å². The van der Waals surface area contributed by atoms with Crippen molar-refractivity contribution < 1.29 is 9.90 Å². The number of aromatic amines is 1. The third kappa shape index (κ3) is 4.51. The molecule has 0 aliphatic heterocycles. The number of carbonyl (C=O) groups excluding carboxylic acids is 1. The van der Waals surface area contributed by atoms with E-state index < -0.39 is 6.10 Å². The van der Waals surface area contributed by atoms with Gasteiger partial charge in [0.1, 0.15) is 5.82 Å². The normalized spacial score (nSPS) is 11.9. The Morgan fingerprint density at radius 1 is 1.20 bits per heavy atom. The van der Waals surface area contributed by atoms with Crippen molar-refractivity contribution in [3.8, 4) is 11.4 Å². The number of amides is 1. The first-order valence-corrected chi connectivity index (χ1v) is 8.10. The van der Waals surface area contributed by atoms with Gasteiger partial charge in [0.25, 0.3) is 0 Å². The lowest BCUT2D eigenvalue weighted by atomic mass is 10.1. The molecule has 0 spiro atoms. The molecular weight excluding hydrogens is 316 g/mol. The molecule has 0 saturated carbocycles. The molecule has 1 atom stereocenters. The third-order valence-electron chi connectivity index (χ3n) is 3.84. The number of nitrogens with one attached hydrogen (secondary N) is 2. The van der Waals surface area contributed by atoms with Crippen LogP contribution >= 0.6 is 0 Å². The predicted octanol–water partition coefficient (Wildman–Crippen LogP) is 2.52. The van der Waals surface area contributed by atoms with Crippen molar-refractivity contribution in [2.75, 3.05) is 0 Å². The molecule has 0 saturated heterocycles. The van der Waals surface area contributed by atoms with E-state index >= 15 is 0 Å². The first-order valence-electron chi connectivity index (χ1n) is 8.10. The summed E-state index contributed by atoms with van der Waals surface area (Å²) in [5.41, 5.74) is 2.57.